The van der Waals surface area contributed by atoms with Crippen molar-refractivity contribution in [3.05, 3.63) is 12.3 Å². The molecule has 1 atom stereocenters. The molecule has 0 fully saturated rings. The van der Waals surface area contributed by atoms with Gasteiger partial charge in [0.2, 0.25) is 0 Å². The Morgan fingerprint density at radius 3 is 3.09 bits per heavy atom. The molecular formula is C5H7Cl2N3O. The van der Waals surface area contributed by atoms with Crippen molar-refractivity contribution in [2.24, 2.45) is 10.7 Å². The van der Waals surface area contributed by atoms with E-state index in [9.17, 15) is 0 Å². The zero-order chi connectivity index (χ0) is 8.32. The molecule has 1 heterocycles. The third kappa shape index (κ3) is 2.25. The first-order valence-corrected chi connectivity index (χ1v) is 3.76. The lowest BCUT2D eigenvalue weighted by atomic mass is 10.5. The van der Waals surface area contributed by atoms with Crippen LogP contribution in [0.1, 0.15) is 0 Å². The van der Waals surface area contributed by atoms with Crippen LogP contribution in [0.2, 0.25) is 0 Å². The molecule has 0 aromatic rings. The number of alkyl halides is 2. The van der Waals surface area contributed by atoms with Crippen molar-refractivity contribution >= 4 is 29.2 Å². The summed E-state index contributed by atoms with van der Waals surface area (Å²) >= 11 is 11.1. The van der Waals surface area contributed by atoms with E-state index in [0.29, 0.717) is 0 Å². The van der Waals surface area contributed by atoms with Crippen molar-refractivity contribution < 1.29 is 4.74 Å². The third-order valence-corrected chi connectivity index (χ3v) is 1.48. The highest BCUT2D eigenvalue weighted by Gasteiger charge is 2.25. The van der Waals surface area contributed by atoms with E-state index < -0.39 is 5.18 Å². The van der Waals surface area contributed by atoms with Gasteiger partial charge < -0.3 is 15.8 Å². The van der Waals surface area contributed by atoms with Crippen molar-refractivity contribution in [1.29, 1.82) is 0 Å². The largest absolute Gasteiger partial charge is 0.370 e. The molecule has 1 rings (SSSR count). The van der Waals surface area contributed by atoms with Crippen molar-refractivity contribution in [2.45, 2.75) is 5.18 Å². The Bertz CT molecular complexity index is 206. The fraction of sp³-hybridized carbons (Fsp3) is 0.400. The molecule has 3 N–H and O–H groups in total. The lowest BCUT2D eigenvalue weighted by Crippen LogP contribution is -2.36. The van der Waals surface area contributed by atoms with Crippen molar-refractivity contribution in [3.8, 4) is 0 Å². The van der Waals surface area contributed by atoms with Gasteiger partial charge in [-0.1, -0.05) is 23.2 Å². The Kier molecular flexibility index (Phi) is 2.59. The number of ether oxygens (including phenoxy) is 1. The maximum Gasteiger partial charge on any atom is 0.262 e. The minimum absolute atomic E-state index is 0.0371. The summed E-state index contributed by atoms with van der Waals surface area (Å²) in [7, 11) is 0. The summed E-state index contributed by atoms with van der Waals surface area (Å²) in [6.07, 6.45) is 3.05. The molecule has 0 amide bonds. The molecule has 0 saturated heterocycles. The minimum atomic E-state index is -1.24. The van der Waals surface area contributed by atoms with Gasteiger partial charge in [-0.05, 0) is 0 Å². The zero-order valence-electron chi connectivity index (χ0n) is 5.55. The molecule has 6 heteroatoms. The van der Waals surface area contributed by atoms with Crippen LogP contribution in [0.3, 0.4) is 0 Å². The second-order valence-corrected chi connectivity index (χ2v) is 2.60. The van der Waals surface area contributed by atoms with Crippen LogP contribution in [0.4, 0.5) is 0 Å². The van der Waals surface area contributed by atoms with Crippen LogP contribution in [-0.4, -0.2) is 17.2 Å². The van der Waals surface area contributed by atoms with Crippen LogP contribution < -0.4 is 11.1 Å². The first-order valence-electron chi connectivity index (χ1n) is 2.85. The van der Waals surface area contributed by atoms with Crippen molar-refractivity contribution in [3.63, 3.8) is 0 Å². The molecule has 0 saturated carbocycles. The number of aliphatic imine (C=N–C) groups is 1. The van der Waals surface area contributed by atoms with Gasteiger partial charge in [0.15, 0.2) is 5.96 Å². The Hall–Kier alpha value is -0.450. The number of halogens is 2. The van der Waals surface area contributed by atoms with E-state index >= 15 is 0 Å². The lowest BCUT2D eigenvalue weighted by Gasteiger charge is -2.21. The van der Waals surface area contributed by atoms with E-state index in [2.05, 4.69) is 10.3 Å². The van der Waals surface area contributed by atoms with Crippen LogP contribution in [0, 0.1) is 0 Å². The van der Waals surface area contributed by atoms with Crippen LogP contribution in [-0.2, 0) is 4.74 Å². The van der Waals surface area contributed by atoms with Gasteiger partial charge in [-0.2, -0.15) is 4.99 Å². The molecule has 11 heavy (non-hydrogen) atoms. The zero-order valence-corrected chi connectivity index (χ0v) is 7.06. The quantitative estimate of drug-likeness (QED) is 0.500. The summed E-state index contributed by atoms with van der Waals surface area (Å²) in [5.74, 6) is 0.201. The summed E-state index contributed by atoms with van der Waals surface area (Å²) < 4.78 is 4.88. The van der Waals surface area contributed by atoms with Gasteiger partial charge in [-0.25, -0.2) is 0 Å². The molecule has 1 aliphatic heterocycles. The summed E-state index contributed by atoms with van der Waals surface area (Å²) in [4.78, 5) is 3.76. The van der Waals surface area contributed by atoms with Gasteiger partial charge in [0, 0.05) is 12.3 Å². The van der Waals surface area contributed by atoms with E-state index in [4.69, 9.17) is 33.7 Å². The van der Waals surface area contributed by atoms with E-state index in [1.54, 1.807) is 6.20 Å². The van der Waals surface area contributed by atoms with Gasteiger partial charge >= 0.3 is 0 Å². The summed E-state index contributed by atoms with van der Waals surface area (Å²) in [6.45, 7) is 0. The topological polar surface area (TPSA) is 59.6 Å². The molecule has 4 nitrogen and oxygen atoms in total. The lowest BCUT2D eigenvalue weighted by molar-refractivity contribution is 0.0943. The van der Waals surface area contributed by atoms with Crippen molar-refractivity contribution in [2.75, 3.05) is 6.07 Å². The number of hydrogen-bond acceptors (Lipinski definition) is 4. The number of hydrogen-bond donors (Lipinski definition) is 2. The molecule has 0 spiro atoms. The highest BCUT2D eigenvalue weighted by molar-refractivity contribution is 6.25. The Balaban J connectivity index is 2.68. The second-order valence-electron chi connectivity index (χ2n) is 1.84. The maximum absolute atomic E-state index is 5.77. The number of nitrogens with zero attached hydrogens (tertiary/aromatic N) is 1. The predicted octanol–water partition coefficient (Wildman–Crippen LogP) is 0.524. The molecule has 0 radical (unpaired) electrons. The van der Waals surface area contributed by atoms with E-state index in [0.717, 1.165) is 0 Å². The number of rotatable bonds is 2. The number of guanidine groups is 1. The van der Waals surface area contributed by atoms with Gasteiger partial charge in [0.25, 0.3) is 5.18 Å². The highest BCUT2D eigenvalue weighted by Crippen LogP contribution is 2.22. The fourth-order valence-electron chi connectivity index (χ4n) is 0.621. The second kappa shape index (κ2) is 3.30. The van der Waals surface area contributed by atoms with E-state index in [-0.39, 0.29) is 12.0 Å². The van der Waals surface area contributed by atoms with Crippen molar-refractivity contribution in [1.82, 2.24) is 5.32 Å². The monoisotopic (exact) mass is 195 g/mol. The molecule has 1 aliphatic rings. The van der Waals surface area contributed by atoms with Crippen LogP contribution in [0.15, 0.2) is 17.3 Å². The fourth-order valence-corrected chi connectivity index (χ4v) is 1.05. The SMILES string of the molecule is NC1=NC(Cl)(OCCl)C=CN1. The molecule has 0 aromatic carbocycles. The summed E-state index contributed by atoms with van der Waals surface area (Å²) in [5, 5.41) is 1.40. The van der Waals surface area contributed by atoms with Gasteiger partial charge in [-0.3, -0.25) is 0 Å². The first-order chi connectivity index (χ1) is 5.16. The Morgan fingerprint density at radius 1 is 1.82 bits per heavy atom. The number of nitrogens with two attached hydrogens (primary N) is 1. The average molecular weight is 196 g/mol. The van der Waals surface area contributed by atoms with Crippen LogP contribution in [0.25, 0.3) is 0 Å². The summed E-state index contributed by atoms with van der Waals surface area (Å²) in [6, 6.07) is -0.0371. The van der Waals surface area contributed by atoms with E-state index in [1.807, 2.05) is 0 Å². The molecule has 1 unspecified atom stereocenters. The standard InChI is InChI=1S/C5H7Cl2N3O/c6-3-11-5(7)1-2-9-4(8)10-5/h1-2H,3H2,(H3,8,9,10). The van der Waals surface area contributed by atoms with E-state index in [1.165, 1.54) is 6.08 Å². The van der Waals surface area contributed by atoms with Gasteiger partial charge in [0.05, 0.1) is 0 Å². The highest BCUT2D eigenvalue weighted by atomic mass is 35.5. The smallest absolute Gasteiger partial charge is 0.262 e. The van der Waals surface area contributed by atoms with Crippen LogP contribution in [0.5, 0.6) is 0 Å². The Labute approximate surface area is 74.0 Å². The molecule has 0 aliphatic carbocycles. The predicted molar refractivity (Wildman–Crippen MR) is 44.3 cm³/mol. The van der Waals surface area contributed by atoms with Crippen LogP contribution >= 0.6 is 23.2 Å². The Morgan fingerprint density at radius 2 is 2.55 bits per heavy atom. The molecular weight excluding hydrogens is 189 g/mol. The number of nitrogens with one attached hydrogen (secondary N) is 1. The average Bonchev–Trinajstić information content (AvgIpc) is 1.86. The molecule has 62 valence electrons. The van der Waals surface area contributed by atoms with Gasteiger partial charge in [-0.15, -0.1) is 0 Å². The first kappa shape index (κ1) is 8.64. The third-order valence-electron chi connectivity index (χ3n) is 1.05. The minimum Gasteiger partial charge on any atom is -0.370 e. The summed E-state index contributed by atoms with van der Waals surface area (Å²) in [5.41, 5.74) is 5.32. The molecule has 0 bridgehead atoms. The van der Waals surface area contributed by atoms with Gasteiger partial charge in [0.1, 0.15) is 6.07 Å². The maximum atomic E-state index is 5.77. The normalized spacial score (nSPS) is 29.5. The molecule has 0 aromatic heterocycles.